The average Bonchev–Trinajstić information content (AvgIpc) is 2.33. The SMILES string of the molecule is CC(C)n1cnc(N(C)C)c1. The van der Waals surface area contributed by atoms with E-state index in [2.05, 4.69) is 23.4 Å². The van der Waals surface area contributed by atoms with Crippen molar-refractivity contribution in [2.45, 2.75) is 19.9 Å². The minimum absolute atomic E-state index is 0.496. The summed E-state index contributed by atoms with van der Waals surface area (Å²) in [5, 5.41) is 0. The Kier molecular flexibility index (Phi) is 2.17. The molecule has 1 rings (SSSR count). The Morgan fingerprint density at radius 2 is 2.09 bits per heavy atom. The van der Waals surface area contributed by atoms with E-state index < -0.39 is 0 Å². The van der Waals surface area contributed by atoms with Gasteiger partial charge in [-0.2, -0.15) is 0 Å². The van der Waals surface area contributed by atoms with Crippen molar-refractivity contribution in [3.63, 3.8) is 0 Å². The fraction of sp³-hybridized carbons (Fsp3) is 0.625. The van der Waals surface area contributed by atoms with Crippen LogP contribution >= 0.6 is 0 Å². The number of imidazole rings is 1. The molecule has 0 aromatic carbocycles. The lowest BCUT2D eigenvalue weighted by atomic mass is 10.4. The van der Waals surface area contributed by atoms with E-state index in [1.54, 1.807) is 0 Å². The first-order chi connectivity index (χ1) is 5.11. The van der Waals surface area contributed by atoms with E-state index in [4.69, 9.17) is 0 Å². The Morgan fingerprint density at radius 1 is 1.45 bits per heavy atom. The highest BCUT2D eigenvalue weighted by Gasteiger charge is 2.01. The summed E-state index contributed by atoms with van der Waals surface area (Å²) in [4.78, 5) is 6.22. The van der Waals surface area contributed by atoms with Gasteiger partial charge < -0.3 is 9.47 Å². The van der Waals surface area contributed by atoms with Crippen molar-refractivity contribution in [2.24, 2.45) is 0 Å². The fourth-order valence-corrected chi connectivity index (χ4v) is 0.839. The summed E-state index contributed by atoms with van der Waals surface area (Å²) in [6, 6.07) is 0.496. The van der Waals surface area contributed by atoms with Gasteiger partial charge in [0.1, 0.15) is 5.82 Å². The van der Waals surface area contributed by atoms with Gasteiger partial charge in [0, 0.05) is 26.3 Å². The number of rotatable bonds is 2. The first kappa shape index (κ1) is 8.11. The van der Waals surface area contributed by atoms with Gasteiger partial charge >= 0.3 is 0 Å². The van der Waals surface area contributed by atoms with Gasteiger partial charge in [-0.15, -0.1) is 0 Å². The molecule has 0 atom stereocenters. The second-order valence-electron chi connectivity index (χ2n) is 3.17. The van der Waals surface area contributed by atoms with E-state index in [0.717, 1.165) is 5.82 Å². The van der Waals surface area contributed by atoms with E-state index in [1.807, 2.05) is 31.5 Å². The van der Waals surface area contributed by atoms with Crippen molar-refractivity contribution < 1.29 is 0 Å². The van der Waals surface area contributed by atoms with E-state index in [0.29, 0.717) is 6.04 Å². The quantitative estimate of drug-likeness (QED) is 0.642. The fourth-order valence-electron chi connectivity index (χ4n) is 0.839. The maximum absolute atomic E-state index is 4.23. The van der Waals surface area contributed by atoms with Gasteiger partial charge in [0.2, 0.25) is 0 Å². The molecular weight excluding hydrogens is 138 g/mol. The first-order valence-electron chi connectivity index (χ1n) is 3.82. The molecule has 0 saturated carbocycles. The van der Waals surface area contributed by atoms with E-state index in [9.17, 15) is 0 Å². The van der Waals surface area contributed by atoms with Crippen LogP contribution in [0.5, 0.6) is 0 Å². The largest absolute Gasteiger partial charge is 0.361 e. The van der Waals surface area contributed by atoms with Crippen LogP contribution in [0.3, 0.4) is 0 Å². The van der Waals surface area contributed by atoms with Crippen LogP contribution < -0.4 is 4.90 Å². The normalized spacial score (nSPS) is 10.6. The molecular formula is C8H15N3. The lowest BCUT2D eigenvalue weighted by Gasteiger charge is -2.07. The summed E-state index contributed by atoms with van der Waals surface area (Å²) >= 11 is 0. The minimum atomic E-state index is 0.496. The third-order valence-corrected chi connectivity index (χ3v) is 1.64. The molecule has 0 aliphatic heterocycles. The zero-order chi connectivity index (χ0) is 8.43. The molecule has 62 valence electrons. The molecule has 0 saturated heterocycles. The van der Waals surface area contributed by atoms with Gasteiger partial charge in [-0.3, -0.25) is 0 Å². The molecule has 1 heterocycles. The Bertz CT molecular complexity index is 202. The molecule has 0 aliphatic carbocycles. The predicted octanol–water partition coefficient (Wildman–Crippen LogP) is 1.53. The lowest BCUT2D eigenvalue weighted by Crippen LogP contribution is -2.08. The van der Waals surface area contributed by atoms with Crippen LogP contribution in [-0.4, -0.2) is 23.6 Å². The first-order valence-corrected chi connectivity index (χ1v) is 3.82. The number of hydrogen-bond donors (Lipinski definition) is 0. The third kappa shape index (κ3) is 1.73. The maximum atomic E-state index is 4.23. The molecule has 0 fully saturated rings. The van der Waals surface area contributed by atoms with Gasteiger partial charge in [0.25, 0.3) is 0 Å². The van der Waals surface area contributed by atoms with Crippen LogP contribution in [-0.2, 0) is 0 Å². The Balaban J connectivity index is 2.82. The van der Waals surface area contributed by atoms with Crippen molar-refractivity contribution in [3.8, 4) is 0 Å². The smallest absolute Gasteiger partial charge is 0.146 e. The highest BCUT2D eigenvalue weighted by Crippen LogP contribution is 2.10. The maximum Gasteiger partial charge on any atom is 0.146 e. The van der Waals surface area contributed by atoms with E-state index >= 15 is 0 Å². The standard InChI is InChI=1S/C8H15N3/c1-7(2)11-5-8(9-6-11)10(3)4/h5-7H,1-4H3. The summed E-state index contributed by atoms with van der Waals surface area (Å²) in [5.41, 5.74) is 0. The topological polar surface area (TPSA) is 21.1 Å². The van der Waals surface area contributed by atoms with Crippen molar-refractivity contribution in [1.29, 1.82) is 0 Å². The highest BCUT2D eigenvalue weighted by atomic mass is 15.2. The number of anilines is 1. The predicted molar refractivity (Wildman–Crippen MR) is 46.9 cm³/mol. The van der Waals surface area contributed by atoms with Crippen LogP contribution in [0, 0.1) is 0 Å². The summed E-state index contributed by atoms with van der Waals surface area (Å²) < 4.78 is 2.09. The van der Waals surface area contributed by atoms with Gasteiger partial charge in [-0.25, -0.2) is 4.98 Å². The average molecular weight is 153 g/mol. The molecule has 3 nitrogen and oxygen atoms in total. The van der Waals surface area contributed by atoms with Gasteiger partial charge in [-0.05, 0) is 13.8 Å². The molecule has 0 bridgehead atoms. The van der Waals surface area contributed by atoms with Gasteiger partial charge in [0.15, 0.2) is 0 Å². The minimum Gasteiger partial charge on any atom is -0.361 e. The molecule has 1 aromatic rings. The molecule has 11 heavy (non-hydrogen) atoms. The summed E-state index contributed by atoms with van der Waals surface area (Å²) in [5.74, 6) is 1.01. The summed E-state index contributed by atoms with van der Waals surface area (Å²) in [6.07, 6.45) is 3.91. The Morgan fingerprint density at radius 3 is 2.36 bits per heavy atom. The van der Waals surface area contributed by atoms with Crippen molar-refractivity contribution in [2.75, 3.05) is 19.0 Å². The van der Waals surface area contributed by atoms with Crippen LogP contribution in [0.15, 0.2) is 12.5 Å². The van der Waals surface area contributed by atoms with Crippen LogP contribution in [0.4, 0.5) is 5.82 Å². The molecule has 1 aromatic heterocycles. The van der Waals surface area contributed by atoms with Gasteiger partial charge in [-0.1, -0.05) is 0 Å². The molecule has 0 aliphatic rings. The number of aromatic nitrogens is 2. The molecule has 0 N–H and O–H groups in total. The Hall–Kier alpha value is -0.990. The van der Waals surface area contributed by atoms with Crippen molar-refractivity contribution in [3.05, 3.63) is 12.5 Å². The van der Waals surface area contributed by atoms with E-state index in [-0.39, 0.29) is 0 Å². The molecule has 0 unspecified atom stereocenters. The van der Waals surface area contributed by atoms with Crippen LogP contribution in [0.25, 0.3) is 0 Å². The number of hydrogen-bond acceptors (Lipinski definition) is 2. The zero-order valence-corrected chi connectivity index (χ0v) is 7.57. The molecule has 0 amide bonds. The second kappa shape index (κ2) is 2.95. The summed E-state index contributed by atoms with van der Waals surface area (Å²) in [6.45, 7) is 4.28. The highest BCUT2D eigenvalue weighted by molar-refractivity contribution is 5.33. The third-order valence-electron chi connectivity index (χ3n) is 1.64. The van der Waals surface area contributed by atoms with E-state index in [1.165, 1.54) is 0 Å². The monoisotopic (exact) mass is 153 g/mol. The number of nitrogens with zero attached hydrogens (tertiary/aromatic N) is 3. The van der Waals surface area contributed by atoms with Crippen molar-refractivity contribution in [1.82, 2.24) is 9.55 Å². The summed E-state index contributed by atoms with van der Waals surface area (Å²) in [7, 11) is 3.99. The lowest BCUT2D eigenvalue weighted by molar-refractivity contribution is 0.599. The zero-order valence-electron chi connectivity index (χ0n) is 7.57. The van der Waals surface area contributed by atoms with Crippen LogP contribution in [0.1, 0.15) is 19.9 Å². The second-order valence-corrected chi connectivity index (χ2v) is 3.17. The molecule has 0 spiro atoms. The molecule has 3 heteroatoms. The van der Waals surface area contributed by atoms with Crippen LogP contribution in [0.2, 0.25) is 0 Å². The van der Waals surface area contributed by atoms with Crippen molar-refractivity contribution >= 4 is 5.82 Å². The van der Waals surface area contributed by atoms with Gasteiger partial charge in [0.05, 0.1) is 6.33 Å². The molecule has 0 radical (unpaired) electrons. The Labute approximate surface area is 67.7 Å².